The van der Waals surface area contributed by atoms with E-state index in [0.29, 0.717) is 21.7 Å². The van der Waals surface area contributed by atoms with E-state index in [9.17, 15) is 14.7 Å². The quantitative estimate of drug-likeness (QED) is 0.866. The Morgan fingerprint density at radius 3 is 2.70 bits per heavy atom. The van der Waals surface area contributed by atoms with Crippen LogP contribution in [0.5, 0.6) is 0 Å². The molecule has 1 aliphatic heterocycles. The molecule has 1 saturated heterocycles. The van der Waals surface area contributed by atoms with Crippen molar-refractivity contribution < 1.29 is 19.4 Å². The molecule has 1 aromatic rings. The molecular formula is C13H13BrClNO4. The number of nitrogens with one attached hydrogen (secondary N) is 1. The maximum Gasteiger partial charge on any atom is 0.331 e. The number of benzene rings is 1. The van der Waals surface area contributed by atoms with E-state index in [1.54, 1.807) is 13.0 Å². The Hall–Kier alpha value is -1.11. The van der Waals surface area contributed by atoms with Crippen molar-refractivity contribution in [1.82, 2.24) is 5.32 Å². The lowest BCUT2D eigenvalue weighted by Gasteiger charge is -2.23. The van der Waals surface area contributed by atoms with Crippen LogP contribution in [-0.4, -0.2) is 35.7 Å². The number of rotatable bonds is 3. The molecule has 0 saturated carbocycles. The second-order valence-electron chi connectivity index (χ2n) is 4.73. The molecule has 0 bridgehead atoms. The van der Waals surface area contributed by atoms with E-state index in [1.165, 1.54) is 6.07 Å². The summed E-state index contributed by atoms with van der Waals surface area (Å²) >= 11 is 9.32. The van der Waals surface area contributed by atoms with Crippen molar-refractivity contribution in [2.24, 2.45) is 0 Å². The third-order valence-electron chi connectivity index (χ3n) is 3.26. The molecule has 1 atom stereocenters. The van der Waals surface area contributed by atoms with E-state index < -0.39 is 17.4 Å². The van der Waals surface area contributed by atoms with Crippen LogP contribution in [-0.2, 0) is 9.53 Å². The summed E-state index contributed by atoms with van der Waals surface area (Å²) in [6.45, 7) is 2.09. The molecule has 1 unspecified atom stereocenters. The Morgan fingerprint density at radius 1 is 1.50 bits per heavy atom. The second kappa shape index (κ2) is 5.71. The molecular weight excluding hydrogens is 350 g/mol. The third-order valence-corrected chi connectivity index (χ3v) is 4.84. The average molecular weight is 363 g/mol. The molecule has 1 amide bonds. The number of amides is 1. The van der Waals surface area contributed by atoms with Crippen LogP contribution in [0.1, 0.15) is 22.3 Å². The lowest BCUT2D eigenvalue weighted by Crippen LogP contribution is -2.55. The minimum atomic E-state index is -1.36. The summed E-state index contributed by atoms with van der Waals surface area (Å²) in [6.07, 6.45) is 0.247. The SMILES string of the molecule is Cc1cc(C(=O)NC2(C(=O)O)CCOC2)cc(Cl)c1Br. The Morgan fingerprint density at radius 2 is 2.20 bits per heavy atom. The van der Waals surface area contributed by atoms with Crippen LogP contribution < -0.4 is 5.32 Å². The lowest BCUT2D eigenvalue weighted by molar-refractivity contribution is -0.144. The maximum atomic E-state index is 12.2. The summed E-state index contributed by atoms with van der Waals surface area (Å²) in [7, 11) is 0. The number of halogens is 2. The van der Waals surface area contributed by atoms with Gasteiger partial charge in [-0.2, -0.15) is 0 Å². The fraction of sp³-hybridized carbons (Fsp3) is 0.385. The zero-order valence-electron chi connectivity index (χ0n) is 10.7. The van der Waals surface area contributed by atoms with E-state index >= 15 is 0 Å². The van der Waals surface area contributed by atoms with Crippen molar-refractivity contribution in [1.29, 1.82) is 0 Å². The number of ether oxygens (including phenoxy) is 1. The van der Waals surface area contributed by atoms with Gasteiger partial charge < -0.3 is 15.2 Å². The zero-order chi connectivity index (χ0) is 14.9. The van der Waals surface area contributed by atoms with Crippen LogP contribution in [0.4, 0.5) is 0 Å². The highest BCUT2D eigenvalue weighted by Gasteiger charge is 2.44. The summed E-state index contributed by atoms with van der Waals surface area (Å²) in [4.78, 5) is 23.6. The van der Waals surface area contributed by atoms with Crippen molar-refractivity contribution in [2.75, 3.05) is 13.2 Å². The molecule has 0 spiro atoms. The number of carbonyl (C=O) groups is 2. The van der Waals surface area contributed by atoms with Gasteiger partial charge in [0.25, 0.3) is 5.91 Å². The van der Waals surface area contributed by atoms with Crippen LogP contribution >= 0.6 is 27.5 Å². The van der Waals surface area contributed by atoms with Crippen molar-refractivity contribution >= 4 is 39.4 Å². The van der Waals surface area contributed by atoms with Gasteiger partial charge in [0.1, 0.15) is 0 Å². The number of hydrogen-bond acceptors (Lipinski definition) is 3. The largest absolute Gasteiger partial charge is 0.479 e. The van der Waals surface area contributed by atoms with Crippen molar-refractivity contribution in [3.63, 3.8) is 0 Å². The van der Waals surface area contributed by atoms with E-state index in [-0.39, 0.29) is 13.0 Å². The first-order valence-electron chi connectivity index (χ1n) is 5.95. The lowest BCUT2D eigenvalue weighted by atomic mass is 9.98. The Labute approximate surface area is 129 Å². The van der Waals surface area contributed by atoms with Gasteiger partial charge in [-0.1, -0.05) is 11.6 Å². The Kier molecular flexibility index (Phi) is 4.36. The zero-order valence-corrected chi connectivity index (χ0v) is 13.0. The highest BCUT2D eigenvalue weighted by molar-refractivity contribution is 9.10. The topological polar surface area (TPSA) is 75.6 Å². The summed E-state index contributed by atoms with van der Waals surface area (Å²) in [5.41, 5.74) is -0.234. The minimum Gasteiger partial charge on any atom is -0.479 e. The predicted octanol–water partition coefficient (Wildman–Crippen LogP) is 2.38. The van der Waals surface area contributed by atoms with Gasteiger partial charge in [-0.3, -0.25) is 4.79 Å². The molecule has 0 radical (unpaired) electrons. The standard InChI is InChI=1S/C13H13BrClNO4/c1-7-4-8(5-9(15)10(7)14)11(17)16-13(12(18)19)2-3-20-6-13/h4-5H,2-3,6H2,1H3,(H,16,17)(H,18,19). The number of aryl methyl sites for hydroxylation is 1. The van der Waals surface area contributed by atoms with E-state index in [4.69, 9.17) is 16.3 Å². The monoisotopic (exact) mass is 361 g/mol. The molecule has 1 fully saturated rings. The normalized spacial score (nSPS) is 21.8. The third kappa shape index (κ3) is 2.82. The molecule has 108 valence electrons. The van der Waals surface area contributed by atoms with Crippen LogP contribution in [0.2, 0.25) is 5.02 Å². The van der Waals surface area contributed by atoms with Gasteiger partial charge in [-0.25, -0.2) is 4.79 Å². The van der Waals surface area contributed by atoms with Crippen molar-refractivity contribution in [3.8, 4) is 0 Å². The Balaban J connectivity index is 2.26. The predicted molar refractivity (Wildman–Crippen MR) is 77.2 cm³/mol. The van der Waals surface area contributed by atoms with Crippen LogP contribution in [0, 0.1) is 6.92 Å². The highest BCUT2D eigenvalue weighted by Crippen LogP contribution is 2.28. The van der Waals surface area contributed by atoms with E-state index in [0.717, 1.165) is 5.56 Å². The minimum absolute atomic E-state index is 0.0304. The first-order valence-corrected chi connectivity index (χ1v) is 7.12. The molecule has 1 heterocycles. The van der Waals surface area contributed by atoms with E-state index in [2.05, 4.69) is 21.2 Å². The number of carboxylic acid groups (broad SMARTS) is 1. The average Bonchev–Trinajstić information content (AvgIpc) is 2.85. The molecule has 1 aromatic carbocycles. The first kappa shape index (κ1) is 15.3. The van der Waals surface area contributed by atoms with Gasteiger partial charge in [-0.15, -0.1) is 0 Å². The molecule has 2 N–H and O–H groups in total. The van der Waals surface area contributed by atoms with Crippen LogP contribution in [0.15, 0.2) is 16.6 Å². The Bertz CT molecular complexity index is 546. The summed E-state index contributed by atoms with van der Waals surface area (Å²) < 4.78 is 5.81. The molecule has 0 aliphatic carbocycles. The number of aliphatic carboxylic acids is 1. The molecule has 7 heteroatoms. The molecule has 5 nitrogen and oxygen atoms in total. The number of carbonyl (C=O) groups excluding carboxylic acids is 1. The fourth-order valence-corrected chi connectivity index (χ4v) is 2.53. The molecule has 1 aliphatic rings. The number of hydrogen-bond donors (Lipinski definition) is 2. The van der Waals surface area contributed by atoms with Gasteiger partial charge in [0.05, 0.1) is 11.6 Å². The van der Waals surface area contributed by atoms with Crippen molar-refractivity contribution in [3.05, 3.63) is 32.8 Å². The van der Waals surface area contributed by atoms with Crippen LogP contribution in [0.3, 0.4) is 0 Å². The van der Waals surface area contributed by atoms with Gasteiger partial charge >= 0.3 is 5.97 Å². The second-order valence-corrected chi connectivity index (χ2v) is 5.93. The molecule has 2 rings (SSSR count). The van der Waals surface area contributed by atoms with Crippen LogP contribution in [0.25, 0.3) is 0 Å². The smallest absolute Gasteiger partial charge is 0.331 e. The van der Waals surface area contributed by atoms with Gasteiger partial charge in [0.15, 0.2) is 5.54 Å². The maximum absolute atomic E-state index is 12.2. The molecule has 0 aromatic heterocycles. The van der Waals surface area contributed by atoms with Gasteiger partial charge in [0, 0.05) is 23.1 Å². The van der Waals surface area contributed by atoms with Crippen molar-refractivity contribution in [2.45, 2.75) is 18.9 Å². The number of carboxylic acids is 1. The highest BCUT2D eigenvalue weighted by atomic mass is 79.9. The van der Waals surface area contributed by atoms with Gasteiger partial charge in [-0.05, 0) is 40.5 Å². The summed E-state index contributed by atoms with van der Waals surface area (Å²) in [5.74, 6) is -1.57. The first-order chi connectivity index (χ1) is 9.35. The molecule has 20 heavy (non-hydrogen) atoms. The van der Waals surface area contributed by atoms with E-state index in [1.807, 2.05) is 0 Å². The van der Waals surface area contributed by atoms with Gasteiger partial charge in [0.2, 0.25) is 0 Å². The summed E-state index contributed by atoms with van der Waals surface area (Å²) in [5, 5.41) is 12.2. The summed E-state index contributed by atoms with van der Waals surface area (Å²) in [6, 6.07) is 3.15. The fourth-order valence-electron chi connectivity index (χ4n) is 2.03.